The molecule has 1 aliphatic carbocycles. The average Bonchev–Trinajstić information content (AvgIpc) is 2.97. The smallest absolute Gasteiger partial charge is 0.243 e. The molecule has 4 heteroatoms. The van der Waals surface area contributed by atoms with E-state index in [-0.39, 0.29) is 6.04 Å². The van der Waals surface area contributed by atoms with Crippen molar-refractivity contribution in [2.45, 2.75) is 51.0 Å². The van der Waals surface area contributed by atoms with Crippen LogP contribution in [0.15, 0.2) is 28.8 Å². The number of fused-ring (bicyclic) bond motifs is 1. The fourth-order valence-corrected chi connectivity index (χ4v) is 2.92. The van der Waals surface area contributed by atoms with Crippen LogP contribution in [0.1, 0.15) is 61.0 Å². The first kappa shape index (κ1) is 13.3. The van der Waals surface area contributed by atoms with Crippen LogP contribution in [0.2, 0.25) is 0 Å². The van der Waals surface area contributed by atoms with Crippen molar-refractivity contribution < 1.29 is 4.52 Å². The lowest BCUT2D eigenvalue weighted by Gasteiger charge is -2.21. The van der Waals surface area contributed by atoms with Crippen molar-refractivity contribution in [3.05, 3.63) is 47.1 Å². The molecular weight excluding hydrogens is 250 g/mol. The Morgan fingerprint density at radius 1 is 1.35 bits per heavy atom. The van der Waals surface area contributed by atoms with Crippen LogP contribution in [0.4, 0.5) is 0 Å². The number of aromatic nitrogens is 2. The number of hydrogen-bond donors (Lipinski definition) is 1. The van der Waals surface area contributed by atoms with Gasteiger partial charge in [-0.1, -0.05) is 42.8 Å². The van der Waals surface area contributed by atoms with Gasteiger partial charge in [0.05, 0.1) is 6.04 Å². The third kappa shape index (κ3) is 2.61. The van der Waals surface area contributed by atoms with Gasteiger partial charge in [0.1, 0.15) is 0 Å². The Bertz CT molecular complexity index is 579. The normalized spacial score (nSPS) is 19.6. The van der Waals surface area contributed by atoms with E-state index >= 15 is 0 Å². The van der Waals surface area contributed by atoms with Crippen LogP contribution in [-0.2, 0) is 12.8 Å². The molecule has 0 spiro atoms. The number of nitrogens with two attached hydrogens (primary N) is 1. The van der Waals surface area contributed by atoms with E-state index < -0.39 is 0 Å². The Labute approximate surface area is 119 Å². The molecule has 20 heavy (non-hydrogen) atoms. The summed E-state index contributed by atoms with van der Waals surface area (Å²) < 4.78 is 5.33. The molecule has 0 saturated carbocycles. The first-order valence-electron chi connectivity index (χ1n) is 7.43. The molecule has 2 unspecified atom stereocenters. The molecule has 2 aromatic rings. The van der Waals surface area contributed by atoms with Gasteiger partial charge in [-0.3, -0.25) is 0 Å². The van der Waals surface area contributed by atoms with Gasteiger partial charge in [0.2, 0.25) is 5.89 Å². The summed E-state index contributed by atoms with van der Waals surface area (Å²) in [5, 5.41) is 4.15. The second kappa shape index (κ2) is 5.75. The summed E-state index contributed by atoms with van der Waals surface area (Å²) in [4.78, 5) is 4.52. The Hall–Kier alpha value is -1.68. The first-order valence-corrected chi connectivity index (χ1v) is 7.43. The summed E-state index contributed by atoms with van der Waals surface area (Å²) in [5.74, 6) is 1.76. The number of aryl methyl sites for hydroxylation is 1. The Morgan fingerprint density at radius 3 is 2.95 bits per heavy atom. The number of nitrogens with zero attached hydrogens (tertiary/aromatic N) is 2. The van der Waals surface area contributed by atoms with E-state index in [1.165, 1.54) is 11.1 Å². The van der Waals surface area contributed by atoms with Crippen LogP contribution >= 0.6 is 0 Å². The van der Waals surface area contributed by atoms with Crippen LogP contribution < -0.4 is 5.73 Å². The van der Waals surface area contributed by atoms with Gasteiger partial charge < -0.3 is 10.3 Å². The average molecular weight is 271 g/mol. The van der Waals surface area contributed by atoms with Gasteiger partial charge in [-0.2, -0.15) is 4.98 Å². The van der Waals surface area contributed by atoms with Crippen molar-refractivity contribution in [1.82, 2.24) is 10.1 Å². The van der Waals surface area contributed by atoms with Crippen molar-refractivity contribution in [1.29, 1.82) is 0 Å². The Balaban J connectivity index is 1.75. The molecule has 2 atom stereocenters. The van der Waals surface area contributed by atoms with E-state index in [1.807, 2.05) is 0 Å². The minimum atomic E-state index is -0.128. The highest BCUT2D eigenvalue weighted by Gasteiger charge is 2.25. The predicted octanol–water partition coefficient (Wildman–Crippen LogP) is 3.14. The zero-order valence-electron chi connectivity index (χ0n) is 11.9. The van der Waals surface area contributed by atoms with Crippen molar-refractivity contribution in [3.63, 3.8) is 0 Å². The number of hydrogen-bond acceptors (Lipinski definition) is 4. The summed E-state index contributed by atoms with van der Waals surface area (Å²) in [6.07, 6.45) is 5.08. The third-order valence-electron chi connectivity index (χ3n) is 4.09. The van der Waals surface area contributed by atoms with E-state index in [1.54, 1.807) is 0 Å². The standard InChI is InChI=1S/C16H21N3O/c1-2-5-14(17)16-18-15(19-20-16)13-9-8-11-6-3-4-7-12(11)10-13/h3-4,6-7,13-14H,2,5,8-10,17H2,1H3. The lowest BCUT2D eigenvalue weighted by molar-refractivity contribution is 0.341. The molecule has 106 valence electrons. The summed E-state index contributed by atoms with van der Waals surface area (Å²) >= 11 is 0. The third-order valence-corrected chi connectivity index (χ3v) is 4.09. The van der Waals surface area contributed by atoms with Crippen LogP contribution in [0.5, 0.6) is 0 Å². The molecule has 0 fully saturated rings. The topological polar surface area (TPSA) is 64.9 Å². The maximum atomic E-state index is 6.03. The number of benzene rings is 1. The maximum absolute atomic E-state index is 6.03. The second-order valence-electron chi connectivity index (χ2n) is 5.59. The highest BCUT2D eigenvalue weighted by molar-refractivity contribution is 5.31. The van der Waals surface area contributed by atoms with Gasteiger partial charge in [0.15, 0.2) is 5.82 Å². The maximum Gasteiger partial charge on any atom is 0.243 e. The number of rotatable bonds is 4. The molecule has 2 N–H and O–H groups in total. The summed E-state index contributed by atoms with van der Waals surface area (Å²) in [5.41, 5.74) is 8.89. The van der Waals surface area contributed by atoms with Gasteiger partial charge in [-0.15, -0.1) is 0 Å². The summed E-state index contributed by atoms with van der Waals surface area (Å²) in [6, 6.07) is 8.49. The van der Waals surface area contributed by atoms with Crippen molar-refractivity contribution in [2.24, 2.45) is 5.73 Å². The lowest BCUT2D eigenvalue weighted by Crippen LogP contribution is -2.14. The highest BCUT2D eigenvalue weighted by Crippen LogP contribution is 2.31. The summed E-state index contributed by atoms with van der Waals surface area (Å²) in [7, 11) is 0. The van der Waals surface area contributed by atoms with E-state index in [0.717, 1.165) is 37.9 Å². The van der Waals surface area contributed by atoms with E-state index in [2.05, 4.69) is 41.3 Å². The molecule has 0 aliphatic heterocycles. The van der Waals surface area contributed by atoms with Gasteiger partial charge in [0.25, 0.3) is 0 Å². The van der Waals surface area contributed by atoms with Gasteiger partial charge >= 0.3 is 0 Å². The Kier molecular flexibility index (Phi) is 3.83. The minimum absolute atomic E-state index is 0.128. The zero-order chi connectivity index (χ0) is 13.9. The molecular formula is C16H21N3O. The molecule has 1 aliphatic rings. The molecule has 1 aromatic carbocycles. The quantitative estimate of drug-likeness (QED) is 0.927. The van der Waals surface area contributed by atoms with Crippen LogP contribution in [0, 0.1) is 0 Å². The largest absolute Gasteiger partial charge is 0.338 e. The molecule has 0 amide bonds. The van der Waals surface area contributed by atoms with Gasteiger partial charge in [-0.25, -0.2) is 0 Å². The molecule has 4 nitrogen and oxygen atoms in total. The van der Waals surface area contributed by atoms with Crippen molar-refractivity contribution >= 4 is 0 Å². The second-order valence-corrected chi connectivity index (χ2v) is 5.59. The fourth-order valence-electron chi connectivity index (χ4n) is 2.92. The fraction of sp³-hybridized carbons (Fsp3) is 0.500. The first-order chi connectivity index (χ1) is 9.78. The molecule has 1 aromatic heterocycles. The lowest BCUT2D eigenvalue weighted by atomic mass is 9.83. The molecule has 0 radical (unpaired) electrons. The monoisotopic (exact) mass is 271 g/mol. The van der Waals surface area contributed by atoms with Crippen LogP contribution in [-0.4, -0.2) is 10.1 Å². The molecule has 3 rings (SSSR count). The Morgan fingerprint density at radius 2 is 2.15 bits per heavy atom. The van der Waals surface area contributed by atoms with Crippen LogP contribution in [0.3, 0.4) is 0 Å². The van der Waals surface area contributed by atoms with Crippen molar-refractivity contribution in [3.8, 4) is 0 Å². The SMILES string of the molecule is CCCC(N)c1nc(C2CCc3ccccc3C2)no1. The minimum Gasteiger partial charge on any atom is -0.338 e. The van der Waals surface area contributed by atoms with E-state index in [4.69, 9.17) is 10.3 Å². The molecule has 0 bridgehead atoms. The molecule has 1 heterocycles. The van der Waals surface area contributed by atoms with Gasteiger partial charge in [-0.05, 0) is 36.8 Å². The highest BCUT2D eigenvalue weighted by atomic mass is 16.5. The zero-order valence-corrected chi connectivity index (χ0v) is 11.9. The van der Waals surface area contributed by atoms with E-state index in [0.29, 0.717) is 11.8 Å². The van der Waals surface area contributed by atoms with E-state index in [9.17, 15) is 0 Å². The van der Waals surface area contributed by atoms with Gasteiger partial charge in [0, 0.05) is 5.92 Å². The van der Waals surface area contributed by atoms with Crippen molar-refractivity contribution in [2.75, 3.05) is 0 Å². The molecule has 0 saturated heterocycles. The summed E-state index contributed by atoms with van der Waals surface area (Å²) in [6.45, 7) is 2.11. The van der Waals surface area contributed by atoms with Crippen LogP contribution in [0.25, 0.3) is 0 Å². The predicted molar refractivity (Wildman–Crippen MR) is 77.3 cm³/mol.